The molecule has 0 spiro atoms. The highest BCUT2D eigenvalue weighted by Crippen LogP contribution is 2.24. The Morgan fingerprint density at radius 3 is 2.53 bits per heavy atom. The number of hydrogen-bond acceptors (Lipinski definition) is 9. The first kappa shape index (κ1) is 24.3. The summed E-state index contributed by atoms with van der Waals surface area (Å²) in [7, 11) is -3.39. The SMILES string of the molecule is CS(=O)(=O)c1ccc(/C(=N\OC2CCCC2)C(=O)Nc2ncc(C(=O)N3CCC(O)C3)s2)cc1. The van der Waals surface area contributed by atoms with Crippen LogP contribution in [0.4, 0.5) is 5.13 Å². The van der Waals surface area contributed by atoms with Gasteiger partial charge in [-0.15, -0.1) is 0 Å². The van der Waals surface area contributed by atoms with Crippen LogP contribution in [0, 0.1) is 0 Å². The van der Waals surface area contributed by atoms with Crippen LogP contribution in [0.1, 0.15) is 47.3 Å². The van der Waals surface area contributed by atoms with Gasteiger partial charge in [-0.1, -0.05) is 28.6 Å². The first-order chi connectivity index (χ1) is 16.2. The molecule has 0 bridgehead atoms. The van der Waals surface area contributed by atoms with Crippen LogP contribution in [0.15, 0.2) is 40.5 Å². The average Bonchev–Trinajstić information content (AvgIpc) is 3.56. The molecule has 0 radical (unpaired) electrons. The number of oxime groups is 1. The quantitative estimate of drug-likeness (QED) is 0.433. The lowest BCUT2D eigenvalue weighted by molar-refractivity contribution is -0.110. The Hall–Kier alpha value is -2.83. The van der Waals surface area contributed by atoms with Crippen LogP contribution in [0.2, 0.25) is 0 Å². The van der Waals surface area contributed by atoms with E-state index in [1.165, 1.54) is 30.5 Å². The summed E-state index contributed by atoms with van der Waals surface area (Å²) in [6.45, 7) is 0.746. The van der Waals surface area contributed by atoms with Crippen LogP contribution in [-0.2, 0) is 19.5 Å². The van der Waals surface area contributed by atoms with Crippen LogP contribution in [-0.4, -0.2) is 72.5 Å². The number of amides is 2. The summed E-state index contributed by atoms with van der Waals surface area (Å²) in [5.41, 5.74) is 0.375. The Labute approximate surface area is 201 Å². The summed E-state index contributed by atoms with van der Waals surface area (Å²) >= 11 is 1.03. The van der Waals surface area contributed by atoms with E-state index in [0.717, 1.165) is 43.3 Å². The topological polar surface area (TPSA) is 138 Å². The van der Waals surface area contributed by atoms with Gasteiger partial charge in [0.25, 0.3) is 11.8 Å². The second-order valence-electron chi connectivity index (χ2n) is 8.43. The van der Waals surface area contributed by atoms with Crippen molar-refractivity contribution in [2.24, 2.45) is 5.16 Å². The minimum Gasteiger partial charge on any atom is -0.392 e. The maximum Gasteiger partial charge on any atom is 0.280 e. The second-order valence-corrected chi connectivity index (χ2v) is 11.5. The normalized spacial score (nSPS) is 19.4. The van der Waals surface area contributed by atoms with Gasteiger partial charge in [0.15, 0.2) is 20.7 Å². The van der Waals surface area contributed by atoms with E-state index in [2.05, 4.69) is 15.5 Å². The molecular weight excluding hydrogens is 480 g/mol. The Morgan fingerprint density at radius 1 is 1.21 bits per heavy atom. The minimum absolute atomic E-state index is 0.0160. The average molecular weight is 507 g/mol. The zero-order valence-corrected chi connectivity index (χ0v) is 20.3. The first-order valence-electron chi connectivity index (χ1n) is 11.0. The number of rotatable bonds is 7. The molecule has 2 fully saturated rings. The van der Waals surface area contributed by atoms with Crippen molar-refractivity contribution in [3.05, 3.63) is 40.9 Å². The Kier molecular flexibility index (Phi) is 7.29. The molecular formula is C22H26N4O6S2. The Morgan fingerprint density at radius 2 is 1.91 bits per heavy atom. The van der Waals surface area contributed by atoms with Gasteiger partial charge in [0.05, 0.1) is 17.2 Å². The summed E-state index contributed by atoms with van der Waals surface area (Å²) in [6.07, 6.45) is 6.22. The van der Waals surface area contributed by atoms with Gasteiger partial charge in [0.2, 0.25) is 0 Å². The van der Waals surface area contributed by atoms with E-state index >= 15 is 0 Å². The number of benzene rings is 1. The fourth-order valence-electron chi connectivity index (χ4n) is 3.88. The number of nitrogens with zero attached hydrogens (tertiary/aromatic N) is 3. The second kappa shape index (κ2) is 10.2. The van der Waals surface area contributed by atoms with Crippen molar-refractivity contribution in [3.63, 3.8) is 0 Å². The zero-order valence-electron chi connectivity index (χ0n) is 18.6. The smallest absolute Gasteiger partial charge is 0.280 e. The monoisotopic (exact) mass is 506 g/mol. The molecule has 1 unspecified atom stereocenters. The number of β-amino-alcohol motifs (C(OH)–C–C–N with tert-alkyl or cyclic N) is 1. The number of thiazole rings is 1. The molecule has 2 N–H and O–H groups in total. The van der Waals surface area contributed by atoms with Crippen LogP contribution in [0.3, 0.4) is 0 Å². The number of aliphatic hydroxyl groups is 1. The Bertz CT molecular complexity index is 1190. The summed E-state index contributed by atoms with van der Waals surface area (Å²) in [5, 5.41) is 16.6. The standard InChI is InChI=1S/C22H26N4O6S2/c1-34(30,31)17-8-6-14(7-9-17)19(25-32-16-4-2-3-5-16)20(28)24-22-23-12-18(33-22)21(29)26-11-10-15(27)13-26/h6-9,12,15-16,27H,2-5,10-11,13H2,1H3,(H,23,24,28)/b25-19+. The number of hydrogen-bond donors (Lipinski definition) is 2. The van der Waals surface area contributed by atoms with E-state index in [-0.39, 0.29) is 34.3 Å². The van der Waals surface area contributed by atoms with Crippen molar-refractivity contribution in [1.82, 2.24) is 9.88 Å². The molecule has 1 saturated heterocycles. The number of nitrogens with one attached hydrogen (secondary N) is 1. The summed E-state index contributed by atoms with van der Waals surface area (Å²) < 4.78 is 23.5. The van der Waals surface area contributed by atoms with Gasteiger partial charge in [-0.3, -0.25) is 14.9 Å². The Balaban J connectivity index is 1.52. The molecule has 1 aliphatic carbocycles. The van der Waals surface area contributed by atoms with E-state index in [4.69, 9.17) is 4.84 Å². The van der Waals surface area contributed by atoms with Gasteiger partial charge in [-0.05, 0) is 44.2 Å². The predicted molar refractivity (Wildman–Crippen MR) is 127 cm³/mol. The third-order valence-electron chi connectivity index (χ3n) is 5.75. The van der Waals surface area contributed by atoms with Crippen molar-refractivity contribution in [2.75, 3.05) is 24.7 Å². The zero-order chi connectivity index (χ0) is 24.3. The summed E-state index contributed by atoms with van der Waals surface area (Å²) in [6, 6.07) is 5.83. The molecule has 1 aromatic carbocycles. The number of anilines is 1. The third kappa shape index (κ3) is 5.80. The molecule has 12 heteroatoms. The molecule has 1 aromatic heterocycles. The highest BCUT2D eigenvalue weighted by Gasteiger charge is 2.27. The van der Waals surface area contributed by atoms with Gasteiger partial charge < -0.3 is 14.8 Å². The van der Waals surface area contributed by atoms with E-state index in [9.17, 15) is 23.1 Å². The molecule has 2 aliphatic rings. The van der Waals surface area contributed by atoms with Crippen molar-refractivity contribution in [2.45, 2.75) is 49.2 Å². The van der Waals surface area contributed by atoms with E-state index < -0.39 is 21.8 Å². The molecule has 1 saturated carbocycles. The van der Waals surface area contributed by atoms with Gasteiger partial charge in [0, 0.05) is 24.9 Å². The summed E-state index contributed by atoms with van der Waals surface area (Å²) in [5.74, 6) is -0.834. The molecule has 182 valence electrons. The van der Waals surface area contributed by atoms with Crippen molar-refractivity contribution in [3.8, 4) is 0 Å². The lowest BCUT2D eigenvalue weighted by Gasteiger charge is -2.13. The largest absolute Gasteiger partial charge is 0.392 e. The van der Waals surface area contributed by atoms with Gasteiger partial charge in [-0.25, -0.2) is 13.4 Å². The molecule has 2 amide bonds. The molecule has 2 heterocycles. The maximum absolute atomic E-state index is 13.1. The lowest BCUT2D eigenvalue weighted by atomic mass is 10.1. The van der Waals surface area contributed by atoms with Gasteiger partial charge in [-0.2, -0.15) is 0 Å². The van der Waals surface area contributed by atoms with Crippen LogP contribution >= 0.6 is 11.3 Å². The van der Waals surface area contributed by atoms with Crippen LogP contribution in [0.5, 0.6) is 0 Å². The third-order valence-corrected chi connectivity index (χ3v) is 7.78. The molecule has 1 aliphatic heterocycles. The maximum atomic E-state index is 13.1. The van der Waals surface area contributed by atoms with Crippen LogP contribution in [0.25, 0.3) is 0 Å². The molecule has 2 aromatic rings. The number of aliphatic hydroxyl groups excluding tert-OH is 1. The summed E-state index contributed by atoms with van der Waals surface area (Å²) in [4.78, 5) is 37.4. The van der Waals surface area contributed by atoms with Crippen molar-refractivity contribution in [1.29, 1.82) is 0 Å². The van der Waals surface area contributed by atoms with E-state index in [1.54, 1.807) is 4.90 Å². The van der Waals surface area contributed by atoms with Gasteiger partial charge in [0.1, 0.15) is 11.0 Å². The van der Waals surface area contributed by atoms with E-state index in [0.29, 0.717) is 23.4 Å². The minimum atomic E-state index is -3.39. The van der Waals surface area contributed by atoms with Crippen molar-refractivity contribution < 1.29 is 28.0 Å². The number of carbonyl (C=O) groups is 2. The first-order valence-corrected chi connectivity index (χ1v) is 13.7. The molecule has 1 atom stereocenters. The van der Waals surface area contributed by atoms with Crippen LogP contribution < -0.4 is 5.32 Å². The number of carbonyl (C=O) groups excluding carboxylic acids is 2. The molecule has 4 rings (SSSR count). The molecule has 34 heavy (non-hydrogen) atoms. The fraction of sp³-hybridized carbons (Fsp3) is 0.455. The van der Waals surface area contributed by atoms with Gasteiger partial charge >= 0.3 is 0 Å². The number of likely N-dealkylation sites (tertiary alicyclic amines) is 1. The van der Waals surface area contributed by atoms with E-state index in [1.807, 2.05) is 0 Å². The highest BCUT2D eigenvalue weighted by molar-refractivity contribution is 7.90. The fourth-order valence-corrected chi connectivity index (χ4v) is 5.29. The van der Waals surface area contributed by atoms with Crippen molar-refractivity contribution >= 4 is 43.8 Å². The highest BCUT2D eigenvalue weighted by atomic mass is 32.2. The predicted octanol–water partition coefficient (Wildman–Crippen LogP) is 2.06. The lowest BCUT2D eigenvalue weighted by Crippen LogP contribution is -2.28. The number of aromatic nitrogens is 1. The molecule has 10 nitrogen and oxygen atoms in total. The number of sulfone groups is 1.